The first-order valence-electron chi connectivity index (χ1n) is 7.99. The van der Waals surface area contributed by atoms with Crippen LogP contribution >= 0.6 is 0 Å². The van der Waals surface area contributed by atoms with Crippen molar-refractivity contribution in [3.05, 3.63) is 71.5 Å². The lowest BCUT2D eigenvalue weighted by Crippen LogP contribution is -2.41. The molecule has 4 rings (SSSR count). The maximum atomic E-state index is 12.9. The minimum Gasteiger partial charge on any atom is -0.466 e. The molecule has 24 heavy (non-hydrogen) atoms. The molecule has 0 aromatic carbocycles. The van der Waals surface area contributed by atoms with Crippen molar-refractivity contribution in [2.75, 3.05) is 6.54 Å². The fourth-order valence-electron chi connectivity index (χ4n) is 3.25. The van der Waals surface area contributed by atoms with Gasteiger partial charge in [0.05, 0.1) is 18.4 Å². The highest BCUT2D eigenvalue weighted by molar-refractivity contribution is 5.79. The number of fused-ring (bicyclic) bond motifs is 1. The molecule has 0 aliphatic carbocycles. The third kappa shape index (κ3) is 2.60. The number of carbonyl (C=O) groups excluding carboxylic acids is 1. The number of pyridine rings is 1. The molecule has 0 bridgehead atoms. The Morgan fingerprint density at radius 2 is 2.33 bits per heavy atom. The molecule has 1 aliphatic rings. The van der Waals surface area contributed by atoms with Crippen molar-refractivity contribution in [3.8, 4) is 0 Å². The molecule has 0 radical (unpaired) electrons. The summed E-state index contributed by atoms with van der Waals surface area (Å²) in [6.07, 6.45) is 6.25. The van der Waals surface area contributed by atoms with E-state index < -0.39 is 0 Å². The lowest BCUT2D eigenvalue weighted by Gasteiger charge is -2.35. The molecular formula is C18H18N4O2. The Labute approximate surface area is 139 Å². The molecule has 1 unspecified atom stereocenters. The molecular weight excluding hydrogens is 304 g/mol. The Morgan fingerprint density at radius 1 is 1.42 bits per heavy atom. The highest BCUT2D eigenvalue weighted by Gasteiger charge is 2.34. The number of amides is 1. The summed E-state index contributed by atoms with van der Waals surface area (Å²) < 4.78 is 5.56. The zero-order valence-electron chi connectivity index (χ0n) is 13.4. The summed E-state index contributed by atoms with van der Waals surface area (Å²) in [4.78, 5) is 26.6. The van der Waals surface area contributed by atoms with Crippen LogP contribution in [0.4, 0.5) is 0 Å². The minimum atomic E-state index is -0.211. The van der Waals surface area contributed by atoms with Crippen LogP contribution in [0.25, 0.3) is 0 Å². The summed E-state index contributed by atoms with van der Waals surface area (Å²) in [5.41, 5.74) is 2.95. The summed E-state index contributed by atoms with van der Waals surface area (Å²) >= 11 is 0. The zero-order chi connectivity index (χ0) is 16.5. The fourth-order valence-corrected chi connectivity index (χ4v) is 3.25. The van der Waals surface area contributed by atoms with Gasteiger partial charge in [-0.1, -0.05) is 6.07 Å². The lowest BCUT2D eigenvalue weighted by molar-refractivity contribution is -0.132. The quantitative estimate of drug-likeness (QED) is 0.803. The Morgan fingerprint density at radius 3 is 3.08 bits per heavy atom. The number of H-pyrrole nitrogens is 1. The Kier molecular flexibility index (Phi) is 3.65. The van der Waals surface area contributed by atoms with Gasteiger partial charge in [0.2, 0.25) is 5.91 Å². The van der Waals surface area contributed by atoms with Gasteiger partial charge < -0.3 is 14.3 Å². The lowest BCUT2D eigenvalue weighted by atomic mass is 9.96. The van der Waals surface area contributed by atoms with E-state index in [0.29, 0.717) is 12.3 Å². The van der Waals surface area contributed by atoms with Gasteiger partial charge in [-0.2, -0.15) is 0 Å². The molecule has 1 aliphatic heterocycles. The highest BCUT2D eigenvalue weighted by atomic mass is 16.3. The first kappa shape index (κ1) is 14.7. The van der Waals surface area contributed by atoms with Gasteiger partial charge in [0.1, 0.15) is 17.6 Å². The molecule has 6 heteroatoms. The molecule has 3 aromatic rings. The van der Waals surface area contributed by atoms with E-state index in [1.165, 1.54) is 0 Å². The van der Waals surface area contributed by atoms with Crippen molar-refractivity contribution in [2.45, 2.75) is 25.8 Å². The largest absolute Gasteiger partial charge is 0.466 e. The molecule has 1 N–H and O–H groups in total. The zero-order valence-corrected chi connectivity index (χ0v) is 13.4. The van der Waals surface area contributed by atoms with Gasteiger partial charge in [0.15, 0.2) is 0 Å². The van der Waals surface area contributed by atoms with E-state index in [2.05, 4.69) is 15.0 Å². The molecule has 1 amide bonds. The number of aryl methyl sites for hydroxylation is 1. The molecule has 122 valence electrons. The maximum Gasteiger partial charge on any atom is 0.231 e. The molecule has 3 aromatic heterocycles. The van der Waals surface area contributed by atoms with Gasteiger partial charge in [0, 0.05) is 31.1 Å². The average molecular weight is 322 g/mol. The van der Waals surface area contributed by atoms with Crippen LogP contribution in [0.1, 0.15) is 34.5 Å². The second-order valence-electron chi connectivity index (χ2n) is 5.98. The highest BCUT2D eigenvalue weighted by Crippen LogP contribution is 2.33. The third-order valence-electron chi connectivity index (χ3n) is 4.37. The van der Waals surface area contributed by atoms with Crippen molar-refractivity contribution < 1.29 is 9.21 Å². The second-order valence-corrected chi connectivity index (χ2v) is 5.98. The number of aromatic nitrogens is 3. The standard InChI is InChI=1S/C18H18N4O2/c1-12-4-5-14(24-12)9-16(23)22-8-6-15-17(21-11-20-15)18(22)13-3-2-7-19-10-13/h2-5,7,10-11,18H,6,8-9H2,1H3,(H,20,21). The summed E-state index contributed by atoms with van der Waals surface area (Å²) in [5.74, 6) is 1.54. The topological polar surface area (TPSA) is 75.0 Å². The molecule has 0 saturated heterocycles. The van der Waals surface area contributed by atoms with E-state index in [0.717, 1.165) is 29.1 Å². The van der Waals surface area contributed by atoms with E-state index in [9.17, 15) is 4.79 Å². The van der Waals surface area contributed by atoms with Crippen LogP contribution in [0, 0.1) is 6.92 Å². The van der Waals surface area contributed by atoms with E-state index in [1.807, 2.05) is 36.1 Å². The van der Waals surface area contributed by atoms with Gasteiger partial charge >= 0.3 is 0 Å². The van der Waals surface area contributed by atoms with Crippen molar-refractivity contribution in [3.63, 3.8) is 0 Å². The number of hydrogen-bond acceptors (Lipinski definition) is 4. The number of nitrogens with zero attached hydrogens (tertiary/aromatic N) is 3. The minimum absolute atomic E-state index is 0.0341. The van der Waals surface area contributed by atoms with Crippen molar-refractivity contribution in [2.24, 2.45) is 0 Å². The molecule has 0 spiro atoms. The third-order valence-corrected chi connectivity index (χ3v) is 4.37. The number of rotatable bonds is 3. The predicted molar refractivity (Wildman–Crippen MR) is 87.2 cm³/mol. The van der Waals surface area contributed by atoms with E-state index in [4.69, 9.17) is 4.42 Å². The second kappa shape index (κ2) is 5.96. The average Bonchev–Trinajstić information content (AvgIpc) is 3.23. The molecule has 6 nitrogen and oxygen atoms in total. The predicted octanol–water partition coefficient (Wildman–Crippen LogP) is 2.42. The molecule has 0 fully saturated rings. The van der Waals surface area contributed by atoms with Crippen LogP contribution in [-0.2, 0) is 17.6 Å². The van der Waals surface area contributed by atoms with Crippen molar-refractivity contribution in [1.82, 2.24) is 19.9 Å². The van der Waals surface area contributed by atoms with Crippen LogP contribution < -0.4 is 0 Å². The van der Waals surface area contributed by atoms with E-state index >= 15 is 0 Å². The summed E-state index contributed by atoms with van der Waals surface area (Å²) in [7, 11) is 0. The van der Waals surface area contributed by atoms with Crippen LogP contribution in [0.5, 0.6) is 0 Å². The number of nitrogens with one attached hydrogen (secondary N) is 1. The van der Waals surface area contributed by atoms with Gasteiger partial charge in [-0.3, -0.25) is 9.78 Å². The van der Waals surface area contributed by atoms with Crippen molar-refractivity contribution >= 4 is 5.91 Å². The number of imidazole rings is 1. The van der Waals surface area contributed by atoms with Gasteiger partial charge in [0.25, 0.3) is 0 Å². The van der Waals surface area contributed by atoms with E-state index in [-0.39, 0.29) is 18.4 Å². The molecule has 0 saturated carbocycles. The summed E-state index contributed by atoms with van der Waals surface area (Å²) in [5, 5.41) is 0. The number of hydrogen-bond donors (Lipinski definition) is 1. The van der Waals surface area contributed by atoms with Crippen LogP contribution in [-0.4, -0.2) is 32.3 Å². The number of furan rings is 1. The number of aromatic amines is 1. The maximum absolute atomic E-state index is 12.9. The SMILES string of the molecule is Cc1ccc(CC(=O)N2CCc3[nH]cnc3C2c2cccnc2)o1. The smallest absolute Gasteiger partial charge is 0.231 e. The molecule has 4 heterocycles. The van der Waals surface area contributed by atoms with Crippen LogP contribution in [0.3, 0.4) is 0 Å². The van der Waals surface area contributed by atoms with E-state index in [1.54, 1.807) is 18.7 Å². The first-order valence-corrected chi connectivity index (χ1v) is 7.99. The number of carbonyl (C=O) groups is 1. The normalized spacial score (nSPS) is 16.9. The summed E-state index contributed by atoms with van der Waals surface area (Å²) in [6, 6.07) is 7.39. The Balaban J connectivity index is 1.67. The monoisotopic (exact) mass is 322 g/mol. The first-order chi connectivity index (χ1) is 11.7. The van der Waals surface area contributed by atoms with Gasteiger partial charge in [-0.15, -0.1) is 0 Å². The Bertz CT molecular complexity index is 853. The Hall–Kier alpha value is -2.89. The fraction of sp³-hybridized carbons (Fsp3) is 0.278. The van der Waals surface area contributed by atoms with Gasteiger partial charge in [-0.05, 0) is 30.7 Å². The van der Waals surface area contributed by atoms with Gasteiger partial charge in [-0.25, -0.2) is 4.98 Å². The molecule has 1 atom stereocenters. The summed E-state index contributed by atoms with van der Waals surface area (Å²) in [6.45, 7) is 2.52. The van der Waals surface area contributed by atoms with Crippen molar-refractivity contribution in [1.29, 1.82) is 0 Å². The van der Waals surface area contributed by atoms with Crippen LogP contribution in [0.15, 0.2) is 47.4 Å². The van der Waals surface area contributed by atoms with Crippen LogP contribution in [0.2, 0.25) is 0 Å².